The normalized spacial score (nSPS) is 19.5. The zero-order chi connectivity index (χ0) is 16.6. The molecule has 1 aliphatic rings. The molecule has 0 N–H and O–H groups in total. The topological polar surface area (TPSA) is 67.4 Å². The molecule has 2 heterocycles. The number of alkyl halides is 1. The van der Waals surface area contributed by atoms with E-state index in [0.717, 1.165) is 4.57 Å². The molecule has 0 fully saturated rings. The minimum absolute atomic E-state index is 0.133. The van der Waals surface area contributed by atoms with Crippen molar-refractivity contribution in [1.82, 2.24) is 13.9 Å². The first-order valence-electron chi connectivity index (χ1n) is 7.32. The molecule has 0 saturated carbocycles. The molecule has 0 radical (unpaired) electrons. The first-order chi connectivity index (χ1) is 11.0. The summed E-state index contributed by atoms with van der Waals surface area (Å²) < 4.78 is 15.1. The van der Waals surface area contributed by atoms with Gasteiger partial charge in [-0.1, -0.05) is 18.2 Å². The maximum absolute atomic E-state index is 12.7. The summed E-state index contributed by atoms with van der Waals surface area (Å²) in [5.41, 5.74) is -1.35. The standard InChI is InChI=1S/C15H18ClN3O4/c1-15(2)19-14(21)18(11-6-4-3-5-7-11)13(20)17(19)10-12(23-15)22-9-8-16/h3-7,12H,8-10H2,1-2H3. The molecular weight excluding hydrogens is 322 g/mol. The quantitative estimate of drug-likeness (QED) is 0.782. The van der Waals surface area contributed by atoms with E-state index in [0.29, 0.717) is 18.2 Å². The van der Waals surface area contributed by atoms with E-state index in [2.05, 4.69) is 0 Å². The van der Waals surface area contributed by atoms with Gasteiger partial charge < -0.3 is 9.47 Å². The fourth-order valence-electron chi connectivity index (χ4n) is 2.77. The Bertz CT molecular complexity index is 806. The summed E-state index contributed by atoms with van der Waals surface area (Å²) in [6, 6.07) is 8.80. The summed E-state index contributed by atoms with van der Waals surface area (Å²) >= 11 is 5.62. The summed E-state index contributed by atoms with van der Waals surface area (Å²) in [7, 11) is 0. The highest BCUT2D eigenvalue weighted by Crippen LogP contribution is 2.23. The molecule has 1 aromatic carbocycles. The van der Waals surface area contributed by atoms with E-state index in [4.69, 9.17) is 21.1 Å². The van der Waals surface area contributed by atoms with Gasteiger partial charge in [0.2, 0.25) is 0 Å². The fraction of sp³-hybridized carbons (Fsp3) is 0.467. The molecule has 1 unspecified atom stereocenters. The largest absolute Gasteiger partial charge is 0.354 e. The van der Waals surface area contributed by atoms with Crippen LogP contribution in [0.1, 0.15) is 13.8 Å². The minimum atomic E-state index is -1.01. The van der Waals surface area contributed by atoms with Crippen LogP contribution in [0, 0.1) is 0 Å². The van der Waals surface area contributed by atoms with Gasteiger partial charge in [-0.05, 0) is 26.0 Å². The Morgan fingerprint density at radius 1 is 1.26 bits per heavy atom. The highest BCUT2D eigenvalue weighted by atomic mass is 35.5. The fourth-order valence-corrected chi connectivity index (χ4v) is 2.86. The van der Waals surface area contributed by atoms with Gasteiger partial charge in [0, 0.05) is 5.88 Å². The smallest absolute Gasteiger partial charge is 0.349 e. The predicted molar refractivity (Wildman–Crippen MR) is 85.2 cm³/mol. The SMILES string of the molecule is CC1(C)OC(OCCCl)Cn2c(=O)n(-c3ccccc3)c(=O)n21. The number of rotatable bonds is 4. The molecule has 0 saturated heterocycles. The van der Waals surface area contributed by atoms with Crippen LogP contribution < -0.4 is 11.4 Å². The van der Waals surface area contributed by atoms with E-state index in [-0.39, 0.29) is 6.54 Å². The predicted octanol–water partition coefficient (Wildman–Crippen LogP) is 1.10. The van der Waals surface area contributed by atoms with Crippen molar-refractivity contribution < 1.29 is 9.47 Å². The van der Waals surface area contributed by atoms with E-state index in [1.54, 1.807) is 38.1 Å². The number of ether oxygens (including phenoxy) is 2. The highest BCUT2D eigenvalue weighted by Gasteiger charge is 2.38. The maximum Gasteiger partial charge on any atom is 0.354 e. The molecule has 0 aliphatic carbocycles. The van der Waals surface area contributed by atoms with Crippen LogP contribution >= 0.6 is 11.6 Å². The van der Waals surface area contributed by atoms with Gasteiger partial charge in [-0.15, -0.1) is 11.6 Å². The van der Waals surface area contributed by atoms with Crippen molar-refractivity contribution in [3.63, 3.8) is 0 Å². The van der Waals surface area contributed by atoms with Crippen molar-refractivity contribution in [3.05, 3.63) is 51.3 Å². The van der Waals surface area contributed by atoms with Gasteiger partial charge in [-0.2, -0.15) is 4.68 Å². The molecule has 23 heavy (non-hydrogen) atoms. The lowest BCUT2D eigenvalue weighted by Crippen LogP contribution is -2.51. The molecule has 0 bridgehead atoms. The Morgan fingerprint density at radius 2 is 1.96 bits per heavy atom. The molecule has 1 aliphatic heterocycles. The highest BCUT2D eigenvalue weighted by molar-refractivity contribution is 6.17. The van der Waals surface area contributed by atoms with Crippen LogP contribution in [0.3, 0.4) is 0 Å². The summed E-state index contributed by atoms with van der Waals surface area (Å²) in [6.45, 7) is 3.88. The van der Waals surface area contributed by atoms with E-state index in [1.807, 2.05) is 6.07 Å². The molecule has 124 valence electrons. The maximum atomic E-state index is 12.7. The van der Waals surface area contributed by atoms with E-state index in [9.17, 15) is 9.59 Å². The van der Waals surface area contributed by atoms with Gasteiger partial charge >= 0.3 is 11.4 Å². The van der Waals surface area contributed by atoms with Crippen molar-refractivity contribution in [2.45, 2.75) is 32.4 Å². The van der Waals surface area contributed by atoms with Gasteiger partial charge in [0.1, 0.15) is 0 Å². The van der Waals surface area contributed by atoms with Crippen molar-refractivity contribution in [3.8, 4) is 5.69 Å². The van der Waals surface area contributed by atoms with Gasteiger partial charge in [0.15, 0.2) is 12.0 Å². The molecule has 1 atom stereocenters. The second kappa shape index (κ2) is 5.99. The Labute approximate surface area is 137 Å². The number of nitrogens with zero attached hydrogens (tertiary/aromatic N) is 3. The van der Waals surface area contributed by atoms with Gasteiger partial charge in [-0.25, -0.2) is 18.8 Å². The van der Waals surface area contributed by atoms with E-state index in [1.165, 1.54) is 9.36 Å². The number of para-hydroxylation sites is 1. The number of hydrogen-bond acceptors (Lipinski definition) is 4. The molecule has 0 spiro atoms. The van der Waals surface area contributed by atoms with E-state index < -0.39 is 23.4 Å². The average Bonchev–Trinajstić information content (AvgIpc) is 2.77. The van der Waals surface area contributed by atoms with Gasteiger partial charge in [-0.3, -0.25) is 0 Å². The number of halogens is 1. The number of fused-ring (bicyclic) bond motifs is 1. The van der Waals surface area contributed by atoms with Gasteiger partial charge in [0.05, 0.1) is 18.8 Å². The number of benzene rings is 1. The van der Waals surface area contributed by atoms with Crippen LogP contribution in [-0.4, -0.2) is 32.7 Å². The summed E-state index contributed by atoms with van der Waals surface area (Å²) in [4.78, 5) is 25.4. The zero-order valence-electron chi connectivity index (χ0n) is 12.9. The third-order valence-electron chi connectivity index (χ3n) is 3.67. The summed E-state index contributed by atoms with van der Waals surface area (Å²) in [5.74, 6) is 0.326. The minimum Gasteiger partial charge on any atom is -0.349 e. The monoisotopic (exact) mass is 339 g/mol. The lowest BCUT2D eigenvalue weighted by atomic mass is 10.3. The van der Waals surface area contributed by atoms with Crippen LogP contribution in [-0.2, 0) is 21.7 Å². The summed E-state index contributed by atoms with van der Waals surface area (Å²) in [6.07, 6.45) is -0.632. The zero-order valence-corrected chi connectivity index (χ0v) is 13.7. The van der Waals surface area contributed by atoms with Crippen molar-refractivity contribution >= 4 is 11.6 Å². The lowest BCUT2D eigenvalue weighted by molar-refractivity contribution is -0.265. The number of aromatic nitrogens is 3. The molecule has 0 amide bonds. The average molecular weight is 340 g/mol. The van der Waals surface area contributed by atoms with Crippen LogP contribution in [0.5, 0.6) is 0 Å². The molecule has 8 heteroatoms. The van der Waals surface area contributed by atoms with Crippen LogP contribution in [0.15, 0.2) is 39.9 Å². The summed E-state index contributed by atoms with van der Waals surface area (Å²) in [5, 5.41) is 0. The Kier molecular flexibility index (Phi) is 4.18. The van der Waals surface area contributed by atoms with Gasteiger partial charge in [0.25, 0.3) is 0 Å². The Hall–Kier alpha value is -1.83. The Balaban J connectivity index is 2.12. The van der Waals surface area contributed by atoms with Crippen LogP contribution in [0.2, 0.25) is 0 Å². The molecule has 3 rings (SSSR count). The van der Waals surface area contributed by atoms with Crippen molar-refractivity contribution in [2.24, 2.45) is 0 Å². The molecule has 7 nitrogen and oxygen atoms in total. The first-order valence-corrected chi connectivity index (χ1v) is 7.85. The van der Waals surface area contributed by atoms with Crippen molar-refractivity contribution in [1.29, 1.82) is 0 Å². The second-order valence-corrected chi connectivity index (χ2v) is 6.06. The van der Waals surface area contributed by atoms with E-state index >= 15 is 0 Å². The van der Waals surface area contributed by atoms with Crippen LogP contribution in [0.25, 0.3) is 5.69 Å². The van der Waals surface area contributed by atoms with Crippen molar-refractivity contribution in [2.75, 3.05) is 12.5 Å². The third-order valence-corrected chi connectivity index (χ3v) is 3.83. The molecule has 2 aromatic rings. The van der Waals surface area contributed by atoms with Crippen LogP contribution in [0.4, 0.5) is 0 Å². The third kappa shape index (κ3) is 2.75. The number of hydrogen-bond donors (Lipinski definition) is 0. The molecule has 1 aromatic heterocycles. The second-order valence-electron chi connectivity index (χ2n) is 5.68. The lowest BCUT2D eigenvalue weighted by Gasteiger charge is -2.37. The molecular formula is C15H18ClN3O4. The Morgan fingerprint density at radius 3 is 2.61 bits per heavy atom. The first kappa shape index (κ1) is 16.0.